The van der Waals surface area contributed by atoms with Gasteiger partial charge in [-0.1, -0.05) is 0 Å². The lowest BCUT2D eigenvalue weighted by Gasteiger charge is -2.25. The number of pyridine rings is 1. The Kier molecular flexibility index (Phi) is 6.50. The van der Waals surface area contributed by atoms with Crippen molar-refractivity contribution in [2.24, 2.45) is 5.10 Å². The van der Waals surface area contributed by atoms with Gasteiger partial charge in [-0.15, -0.1) is 0 Å². The van der Waals surface area contributed by atoms with Gasteiger partial charge < -0.3 is 9.47 Å². The van der Waals surface area contributed by atoms with Crippen molar-refractivity contribution in [1.82, 2.24) is 10.4 Å². The monoisotopic (exact) mass is 470 g/mol. The van der Waals surface area contributed by atoms with Crippen molar-refractivity contribution < 1.29 is 27.1 Å². The Bertz CT molecular complexity index is 1270. The second-order valence-electron chi connectivity index (χ2n) is 6.87. The summed E-state index contributed by atoms with van der Waals surface area (Å²) in [4.78, 5) is 16.3. The van der Waals surface area contributed by atoms with Gasteiger partial charge in [-0.3, -0.25) is 14.1 Å². The Labute approximate surface area is 189 Å². The lowest BCUT2D eigenvalue weighted by molar-refractivity contribution is -0.119. The van der Waals surface area contributed by atoms with Crippen LogP contribution in [-0.2, 0) is 14.8 Å². The number of amides is 1. The molecule has 0 saturated heterocycles. The van der Waals surface area contributed by atoms with Crippen molar-refractivity contribution in [3.63, 3.8) is 0 Å². The van der Waals surface area contributed by atoms with E-state index in [4.69, 9.17) is 9.47 Å². The first kappa shape index (κ1) is 22.2. The van der Waals surface area contributed by atoms with E-state index >= 15 is 0 Å². The highest BCUT2D eigenvalue weighted by Crippen LogP contribution is 2.34. The third-order valence-corrected chi connectivity index (χ3v) is 6.38. The summed E-state index contributed by atoms with van der Waals surface area (Å²) in [7, 11) is -4.22. The number of hydrazone groups is 1. The van der Waals surface area contributed by atoms with Gasteiger partial charge in [0.05, 0.1) is 16.8 Å². The Balaban J connectivity index is 1.60. The summed E-state index contributed by atoms with van der Waals surface area (Å²) >= 11 is 0. The van der Waals surface area contributed by atoms with Gasteiger partial charge >= 0.3 is 0 Å². The average molecular weight is 470 g/mol. The van der Waals surface area contributed by atoms with E-state index in [1.807, 2.05) is 0 Å². The summed E-state index contributed by atoms with van der Waals surface area (Å²) in [6.07, 6.45) is 4.54. The zero-order valence-electron chi connectivity index (χ0n) is 17.2. The van der Waals surface area contributed by atoms with E-state index in [1.165, 1.54) is 36.5 Å². The van der Waals surface area contributed by atoms with E-state index in [0.29, 0.717) is 17.9 Å². The molecule has 1 N–H and O–H groups in total. The topological polar surface area (TPSA) is 110 Å². The molecule has 1 aliphatic heterocycles. The van der Waals surface area contributed by atoms with Crippen molar-refractivity contribution in [3.8, 4) is 11.5 Å². The average Bonchev–Trinajstić information content (AvgIpc) is 2.83. The van der Waals surface area contributed by atoms with Crippen molar-refractivity contribution in [1.29, 1.82) is 0 Å². The molecule has 1 amide bonds. The Morgan fingerprint density at radius 2 is 1.76 bits per heavy atom. The number of halogens is 1. The molecule has 0 bridgehead atoms. The van der Waals surface area contributed by atoms with Crippen LogP contribution in [0.3, 0.4) is 0 Å². The van der Waals surface area contributed by atoms with Gasteiger partial charge in [0.15, 0.2) is 11.5 Å². The normalized spacial score (nSPS) is 13.0. The van der Waals surface area contributed by atoms with Crippen LogP contribution in [0.15, 0.2) is 77.0 Å². The molecule has 4 rings (SSSR count). The number of sulfonamides is 1. The highest BCUT2D eigenvalue weighted by Gasteiger charge is 2.29. The number of ether oxygens (including phenoxy) is 2. The fraction of sp³-hybridized carbons (Fsp3) is 0.136. The first-order valence-corrected chi connectivity index (χ1v) is 11.3. The number of carbonyl (C=O) groups is 1. The Hall–Kier alpha value is -3.99. The van der Waals surface area contributed by atoms with Crippen LogP contribution >= 0.6 is 0 Å². The van der Waals surface area contributed by atoms with Crippen LogP contribution in [0.5, 0.6) is 11.5 Å². The number of rotatable bonds is 7. The van der Waals surface area contributed by atoms with E-state index in [2.05, 4.69) is 15.5 Å². The van der Waals surface area contributed by atoms with E-state index in [0.717, 1.165) is 16.4 Å². The van der Waals surface area contributed by atoms with Gasteiger partial charge in [0.1, 0.15) is 25.6 Å². The summed E-state index contributed by atoms with van der Waals surface area (Å²) in [6, 6.07) is 12.3. The van der Waals surface area contributed by atoms with Crippen molar-refractivity contribution in [2.45, 2.75) is 4.90 Å². The van der Waals surface area contributed by atoms with Gasteiger partial charge in [0.2, 0.25) is 0 Å². The number of benzene rings is 2. The maximum Gasteiger partial charge on any atom is 0.264 e. The van der Waals surface area contributed by atoms with E-state index in [-0.39, 0.29) is 22.9 Å². The number of aromatic nitrogens is 1. The molecule has 0 radical (unpaired) electrons. The molecule has 1 aromatic heterocycles. The number of carbonyl (C=O) groups excluding carboxylic acids is 1. The van der Waals surface area contributed by atoms with Crippen molar-refractivity contribution >= 4 is 27.8 Å². The van der Waals surface area contributed by atoms with Crippen molar-refractivity contribution in [3.05, 3.63) is 78.4 Å². The minimum Gasteiger partial charge on any atom is -0.486 e. The van der Waals surface area contributed by atoms with Gasteiger partial charge in [0, 0.05) is 18.5 Å². The number of nitrogens with zero attached hydrogens (tertiary/aromatic N) is 3. The van der Waals surface area contributed by atoms with Gasteiger partial charge in [-0.2, -0.15) is 5.10 Å². The summed E-state index contributed by atoms with van der Waals surface area (Å²) in [6.45, 7) is 0.0626. The zero-order chi connectivity index (χ0) is 23.3. The summed E-state index contributed by atoms with van der Waals surface area (Å²) < 4.78 is 52.1. The molecule has 170 valence electrons. The molecule has 0 atom stereocenters. The van der Waals surface area contributed by atoms with Crippen LogP contribution in [0.4, 0.5) is 10.1 Å². The third-order valence-electron chi connectivity index (χ3n) is 4.61. The van der Waals surface area contributed by atoms with Crippen LogP contribution < -0.4 is 19.2 Å². The second kappa shape index (κ2) is 9.65. The second-order valence-corrected chi connectivity index (χ2v) is 8.73. The summed E-state index contributed by atoms with van der Waals surface area (Å²) in [5.74, 6) is -0.517. The Morgan fingerprint density at radius 3 is 2.48 bits per heavy atom. The third kappa shape index (κ3) is 5.26. The molecule has 9 nitrogen and oxygen atoms in total. The first-order valence-electron chi connectivity index (χ1n) is 9.83. The molecule has 2 aromatic carbocycles. The van der Waals surface area contributed by atoms with Crippen LogP contribution in [0.25, 0.3) is 0 Å². The standard InChI is InChI=1S/C22H19FN4O5S/c23-17-1-3-18(4-2-17)27(15-22(28)26-25-14-16-7-9-24-10-8-16)33(29,30)19-5-6-20-21(13-19)32-12-11-31-20/h1-10,13-14H,11-12,15H2,(H,26,28)/b25-14-. The summed E-state index contributed by atoms with van der Waals surface area (Å²) in [5.41, 5.74) is 3.11. The smallest absolute Gasteiger partial charge is 0.264 e. The fourth-order valence-electron chi connectivity index (χ4n) is 3.03. The molecule has 3 aromatic rings. The Morgan fingerprint density at radius 1 is 1.06 bits per heavy atom. The number of hydrogen-bond acceptors (Lipinski definition) is 7. The SMILES string of the molecule is O=C(CN(c1ccc(F)cc1)S(=O)(=O)c1ccc2c(c1)OCCO2)N/N=C\c1ccncc1. The van der Waals surface area contributed by atoms with Gasteiger partial charge in [-0.25, -0.2) is 18.2 Å². The van der Waals surface area contributed by atoms with E-state index < -0.39 is 28.3 Å². The lowest BCUT2D eigenvalue weighted by Crippen LogP contribution is -2.39. The van der Waals surface area contributed by atoms with E-state index in [9.17, 15) is 17.6 Å². The highest BCUT2D eigenvalue weighted by atomic mass is 32.2. The lowest BCUT2D eigenvalue weighted by atomic mass is 10.3. The van der Waals surface area contributed by atoms with Crippen LogP contribution in [0.2, 0.25) is 0 Å². The number of anilines is 1. The van der Waals surface area contributed by atoms with Crippen LogP contribution in [0, 0.1) is 5.82 Å². The molecule has 0 unspecified atom stereocenters. The molecule has 0 fully saturated rings. The largest absolute Gasteiger partial charge is 0.486 e. The molecular formula is C22H19FN4O5S. The maximum absolute atomic E-state index is 13.4. The number of hydrogen-bond donors (Lipinski definition) is 1. The fourth-order valence-corrected chi connectivity index (χ4v) is 4.46. The minimum absolute atomic E-state index is 0.107. The minimum atomic E-state index is -4.22. The molecule has 33 heavy (non-hydrogen) atoms. The van der Waals surface area contributed by atoms with Gasteiger partial charge in [-0.05, 0) is 54.1 Å². The molecule has 11 heteroatoms. The van der Waals surface area contributed by atoms with Crippen LogP contribution in [0.1, 0.15) is 5.56 Å². The first-order chi connectivity index (χ1) is 15.9. The molecule has 1 aliphatic rings. The predicted octanol–water partition coefficient (Wildman–Crippen LogP) is 2.34. The number of fused-ring (bicyclic) bond motifs is 1. The quantitative estimate of drug-likeness (QED) is 0.419. The van der Waals surface area contributed by atoms with Crippen LogP contribution in [-0.4, -0.2) is 45.3 Å². The van der Waals surface area contributed by atoms with E-state index in [1.54, 1.807) is 24.5 Å². The predicted molar refractivity (Wildman–Crippen MR) is 118 cm³/mol. The zero-order valence-corrected chi connectivity index (χ0v) is 18.0. The molecule has 0 aliphatic carbocycles. The highest BCUT2D eigenvalue weighted by molar-refractivity contribution is 7.92. The molecular weight excluding hydrogens is 451 g/mol. The molecule has 2 heterocycles. The number of nitrogens with one attached hydrogen (secondary N) is 1. The molecule has 0 saturated carbocycles. The summed E-state index contributed by atoms with van der Waals surface area (Å²) in [5, 5.41) is 3.84. The van der Waals surface area contributed by atoms with Gasteiger partial charge in [0.25, 0.3) is 15.9 Å². The van der Waals surface area contributed by atoms with Crippen molar-refractivity contribution in [2.75, 3.05) is 24.1 Å². The maximum atomic E-state index is 13.4. The molecule has 0 spiro atoms.